The van der Waals surface area contributed by atoms with Crippen LogP contribution in [0.5, 0.6) is 0 Å². The predicted octanol–water partition coefficient (Wildman–Crippen LogP) is 10.6. The molecule has 0 aliphatic rings. The molecule has 3 N–H and O–H groups in total. The van der Waals surface area contributed by atoms with Gasteiger partial charge in [-0.25, -0.2) is 0 Å². The molecule has 0 bridgehead atoms. The van der Waals surface area contributed by atoms with Gasteiger partial charge in [0.25, 0.3) is 0 Å². The minimum absolute atomic E-state index is 0.104. The summed E-state index contributed by atoms with van der Waals surface area (Å²) in [5.74, 6) is -0.652. The van der Waals surface area contributed by atoms with Crippen LogP contribution in [-0.2, 0) is 28.1 Å². The highest BCUT2D eigenvalue weighted by Gasteiger charge is 2.20. The molecule has 0 saturated carbocycles. The smallest absolute Gasteiger partial charge is 0.331 e. The zero-order chi connectivity index (χ0) is 33.1. The number of carbonyl (C=O) groups excluding carboxylic acids is 2. The monoisotopic (exact) mass is 662 g/mol. The van der Waals surface area contributed by atoms with E-state index in [4.69, 9.17) is 24.3 Å². The third-order valence-corrected chi connectivity index (χ3v) is 8.99. The van der Waals surface area contributed by atoms with Gasteiger partial charge in [-0.2, -0.15) is 0 Å². The van der Waals surface area contributed by atoms with Crippen molar-refractivity contribution in [1.29, 1.82) is 0 Å². The minimum Gasteiger partial charge on any atom is -0.462 e. The van der Waals surface area contributed by atoms with E-state index in [0.29, 0.717) is 12.8 Å². The maximum atomic E-state index is 12.5. The van der Waals surface area contributed by atoms with Crippen molar-refractivity contribution in [1.82, 2.24) is 0 Å². The fourth-order valence-corrected chi connectivity index (χ4v) is 5.94. The topological polar surface area (TPSA) is 117 Å². The van der Waals surface area contributed by atoms with Crippen LogP contribution in [0.4, 0.5) is 0 Å². The van der Waals surface area contributed by atoms with Crippen LogP contribution in [0.15, 0.2) is 0 Å². The van der Waals surface area contributed by atoms with Crippen molar-refractivity contribution in [2.75, 3.05) is 19.9 Å². The molecule has 45 heavy (non-hydrogen) atoms. The van der Waals surface area contributed by atoms with Crippen molar-refractivity contribution < 1.29 is 33.0 Å². The number of esters is 2. The summed E-state index contributed by atoms with van der Waals surface area (Å²) in [5, 5.41) is 0. The number of carbonyl (C=O) groups is 2. The minimum atomic E-state index is -2.17. The summed E-state index contributed by atoms with van der Waals surface area (Å²) in [6.07, 6.45) is 32.2. The Kier molecular flexibility index (Phi) is 35.4. The molecule has 0 aliphatic carbocycles. The third-order valence-electron chi connectivity index (χ3n) is 8.25. The Bertz CT molecular complexity index is 641. The second kappa shape index (κ2) is 36.1. The zero-order valence-corrected chi connectivity index (χ0v) is 30.3. The van der Waals surface area contributed by atoms with Gasteiger partial charge >= 0.3 is 20.5 Å². The lowest BCUT2D eigenvalue weighted by Gasteiger charge is -2.19. The van der Waals surface area contributed by atoms with E-state index in [1.807, 2.05) is 0 Å². The number of unbranched alkanes of at least 4 members (excludes halogenated alkanes) is 24. The fraction of sp³-hybridized carbons (Fsp3) is 0.944. The van der Waals surface area contributed by atoms with Crippen LogP contribution in [0.25, 0.3) is 0 Å². The predicted molar refractivity (Wildman–Crippen MR) is 187 cm³/mol. The van der Waals surface area contributed by atoms with Gasteiger partial charge in [0.2, 0.25) is 0 Å². The van der Waals surface area contributed by atoms with Gasteiger partial charge in [0.05, 0.1) is 6.61 Å². The maximum Gasteiger partial charge on any atom is 0.331 e. The second-order valence-corrected chi connectivity index (χ2v) is 13.6. The molecule has 268 valence electrons. The molecule has 0 heterocycles. The van der Waals surface area contributed by atoms with Crippen molar-refractivity contribution in [3.8, 4) is 0 Å². The molecule has 0 aliphatic heterocycles. The highest BCUT2D eigenvalue weighted by Crippen LogP contribution is 2.32. The average molecular weight is 662 g/mol. The molecule has 8 nitrogen and oxygen atoms in total. The maximum absolute atomic E-state index is 12.5. The first-order chi connectivity index (χ1) is 22.0. The lowest BCUT2D eigenvalue weighted by atomic mass is 10.0. The van der Waals surface area contributed by atoms with E-state index < -0.39 is 14.7 Å². The molecule has 0 saturated heterocycles. The molecular weight excluding hydrogens is 589 g/mol. The van der Waals surface area contributed by atoms with Gasteiger partial charge < -0.3 is 24.6 Å². The van der Waals surface area contributed by atoms with Crippen molar-refractivity contribution in [2.24, 2.45) is 5.73 Å². The van der Waals surface area contributed by atoms with Gasteiger partial charge in [-0.15, -0.1) is 0 Å². The summed E-state index contributed by atoms with van der Waals surface area (Å²) >= 11 is 0. The average Bonchev–Trinajstić information content (AvgIpc) is 3.03. The molecule has 2 atom stereocenters. The lowest BCUT2D eigenvalue weighted by Crippen LogP contribution is -2.29. The molecule has 0 amide bonds. The van der Waals surface area contributed by atoms with Crippen LogP contribution < -0.4 is 5.73 Å². The number of hydrogen-bond donors (Lipinski definition) is 2. The summed E-state index contributed by atoms with van der Waals surface area (Å²) in [5.41, 5.74) is 5.28. The first-order valence-electron chi connectivity index (χ1n) is 18.8. The SMILES string of the molecule is CCCCCCCCCCCCCCCC(=O)OCC(COP(O)OCN)OC(=O)CCCCCCCCCCCCCCC. The molecule has 0 radical (unpaired) electrons. The van der Waals surface area contributed by atoms with Crippen molar-refractivity contribution in [2.45, 2.75) is 200 Å². The van der Waals surface area contributed by atoms with E-state index in [2.05, 4.69) is 13.8 Å². The molecule has 2 unspecified atom stereocenters. The van der Waals surface area contributed by atoms with Gasteiger partial charge in [-0.3, -0.25) is 14.1 Å². The van der Waals surface area contributed by atoms with Crippen LogP contribution >= 0.6 is 8.60 Å². The summed E-state index contributed by atoms with van der Waals surface area (Å²) in [6, 6.07) is 0. The van der Waals surface area contributed by atoms with Crippen LogP contribution in [0.3, 0.4) is 0 Å². The number of hydrogen-bond acceptors (Lipinski definition) is 8. The Balaban J connectivity index is 3.99. The highest BCUT2D eigenvalue weighted by atomic mass is 31.2. The summed E-state index contributed by atoms with van der Waals surface area (Å²) in [6.45, 7) is 4.10. The summed E-state index contributed by atoms with van der Waals surface area (Å²) in [7, 11) is -2.17. The van der Waals surface area contributed by atoms with Gasteiger partial charge in [0, 0.05) is 12.8 Å². The number of ether oxygens (including phenoxy) is 2. The van der Waals surface area contributed by atoms with Crippen LogP contribution in [0, 0.1) is 0 Å². The molecule has 9 heteroatoms. The summed E-state index contributed by atoms with van der Waals surface area (Å²) in [4.78, 5) is 34.5. The Morgan fingerprint density at radius 1 is 0.533 bits per heavy atom. The number of rotatable bonds is 36. The van der Waals surface area contributed by atoms with Gasteiger partial charge in [-0.05, 0) is 12.8 Å². The Morgan fingerprint density at radius 3 is 1.27 bits per heavy atom. The van der Waals surface area contributed by atoms with Crippen molar-refractivity contribution in [3.63, 3.8) is 0 Å². The Labute approximate surface area is 278 Å². The first-order valence-corrected chi connectivity index (χ1v) is 20.0. The Hall–Kier alpha value is -0.790. The van der Waals surface area contributed by atoms with E-state index in [-0.39, 0.29) is 31.9 Å². The van der Waals surface area contributed by atoms with Gasteiger partial charge in [-0.1, -0.05) is 168 Å². The third kappa shape index (κ3) is 34.4. The largest absolute Gasteiger partial charge is 0.462 e. The molecule has 0 aromatic heterocycles. The molecule has 0 rings (SSSR count). The van der Waals surface area contributed by atoms with E-state index in [1.165, 1.54) is 128 Å². The van der Waals surface area contributed by atoms with E-state index >= 15 is 0 Å². The van der Waals surface area contributed by atoms with Gasteiger partial charge in [0.1, 0.15) is 13.3 Å². The summed E-state index contributed by atoms with van der Waals surface area (Å²) < 4.78 is 21.0. The Morgan fingerprint density at radius 2 is 0.889 bits per heavy atom. The second-order valence-electron chi connectivity index (χ2n) is 12.6. The zero-order valence-electron chi connectivity index (χ0n) is 29.4. The number of nitrogens with two attached hydrogens (primary N) is 1. The quantitative estimate of drug-likeness (QED) is 0.0295. The van der Waals surface area contributed by atoms with Gasteiger partial charge in [0.15, 0.2) is 6.10 Å². The molecule has 0 aromatic rings. The van der Waals surface area contributed by atoms with Crippen LogP contribution in [-0.4, -0.2) is 42.9 Å². The fourth-order valence-electron chi connectivity index (χ4n) is 5.44. The molecule has 0 fully saturated rings. The lowest BCUT2D eigenvalue weighted by molar-refractivity contribution is -0.161. The van der Waals surface area contributed by atoms with E-state index in [1.54, 1.807) is 0 Å². The normalized spacial score (nSPS) is 12.7. The first kappa shape index (κ1) is 44.2. The van der Waals surface area contributed by atoms with Crippen molar-refractivity contribution >= 4 is 20.5 Å². The molecular formula is C36H72NO7P. The standard InChI is InChI=1S/C36H72NO7P/c1-3-5-7-9-11-13-15-17-19-21-23-25-27-29-35(38)41-31-34(32-42-45(40)43-33-37)44-36(39)30-28-26-24-22-20-18-16-14-12-10-8-6-4-2/h34,40H,3-33,37H2,1-2H3. The van der Waals surface area contributed by atoms with Crippen LogP contribution in [0.2, 0.25) is 0 Å². The van der Waals surface area contributed by atoms with Crippen LogP contribution in [0.1, 0.15) is 194 Å². The highest BCUT2D eigenvalue weighted by molar-refractivity contribution is 7.40. The van der Waals surface area contributed by atoms with Crippen molar-refractivity contribution in [3.05, 3.63) is 0 Å². The molecule has 0 spiro atoms. The molecule has 0 aromatic carbocycles. The van der Waals surface area contributed by atoms with E-state index in [0.717, 1.165) is 38.5 Å². The van der Waals surface area contributed by atoms with E-state index in [9.17, 15) is 14.5 Å².